The first-order valence-electron chi connectivity index (χ1n) is 8.23. The van der Waals surface area contributed by atoms with Crippen molar-refractivity contribution in [2.45, 2.75) is 13.8 Å². The van der Waals surface area contributed by atoms with Crippen molar-refractivity contribution in [3.05, 3.63) is 59.2 Å². The molecule has 0 unspecified atom stereocenters. The third-order valence-corrected chi connectivity index (χ3v) is 3.80. The van der Waals surface area contributed by atoms with E-state index < -0.39 is 24.4 Å². The van der Waals surface area contributed by atoms with Crippen LogP contribution in [0.4, 0.5) is 0 Å². The second kappa shape index (κ2) is 9.38. The van der Waals surface area contributed by atoms with Crippen LogP contribution in [0, 0.1) is 13.8 Å². The Morgan fingerprint density at radius 2 is 1.70 bits per heavy atom. The lowest BCUT2D eigenvalue weighted by molar-refractivity contribution is -0.150. The Morgan fingerprint density at radius 3 is 2.41 bits per heavy atom. The number of aryl methyl sites for hydroxylation is 2. The maximum absolute atomic E-state index is 12.1. The van der Waals surface area contributed by atoms with Crippen LogP contribution in [0.25, 0.3) is 0 Å². The highest BCUT2D eigenvalue weighted by atomic mass is 16.6. The zero-order valence-corrected chi connectivity index (χ0v) is 15.4. The van der Waals surface area contributed by atoms with E-state index >= 15 is 0 Å². The number of rotatable bonds is 7. The Morgan fingerprint density at radius 1 is 0.963 bits per heavy atom. The third-order valence-electron chi connectivity index (χ3n) is 3.80. The van der Waals surface area contributed by atoms with Gasteiger partial charge in [0.15, 0.2) is 13.2 Å². The van der Waals surface area contributed by atoms with Crippen molar-refractivity contribution in [1.82, 2.24) is 5.32 Å². The average molecular weight is 371 g/mol. The Bertz CT molecular complexity index is 846. The van der Waals surface area contributed by atoms with E-state index in [1.807, 2.05) is 19.9 Å². The van der Waals surface area contributed by atoms with Crippen LogP contribution in [0.15, 0.2) is 42.5 Å². The number of carbonyl (C=O) groups is 3. The fraction of sp³-hybridized carbons (Fsp3) is 0.250. The monoisotopic (exact) mass is 371 g/mol. The molecule has 0 aliphatic rings. The van der Waals surface area contributed by atoms with Crippen LogP contribution in [0.3, 0.4) is 0 Å². The number of benzene rings is 2. The summed E-state index contributed by atoms with van der Waals surface area (Å²) < 4.78 is 15.2. The van der Waals surface area contributed by atoms with Gasteiger partial charge in [0.05, 0.1) is 12.7 Å². The van der Waals surface area contributed by atoms with Gasteiger partial charge in [-0.2, -0.15) is 0 Å². The van der Waals surface area contributed by atoms with Gasteiger partial charge in [-0.15, -0.1) is 0 Å². The van der Waals surface area contributed by atoms with E-state index in [1.54, 1.807) is 30.3 Å². The first-order valence-corrected chi connectivity index (χ1v) is 8.23. The van der Waals surface area contributed by atoms with E-state index in [-0.39, 0.29) is 12.2 Å². The van der Waals surface area contributed by atoms with Gasteiger partial charge in [0.1, 0.15) is 11.5 Å². The summed E-state index contributed by atoms with van der Waals surface area (Å²) in [6.45, 7) is 2.98. The molecule has 0 aromatic heterocycles. The lowest BCUT2D eigenvalue weighted by Crippen LogP contribution is -2.34. The number of esters is 1. The molecule has 0 aliphatic heterocycles. The van der Waals surface area contributed by atoms with Crippen molar-refractivity contribution in [3.63, 3.8) is 0 Å². The minimum atomic E-state index is -0.745. The van der Waals surface area contributed by atoms with Gasteiger partial charge in [0.25, 0.3) is 11.8 Å². The smallest absolute Gasteiger partial charge is 0.344 e. The predicted molar refractivity (Wildman–Crippen MR) is 97.8 cm³/mol. The van der Waals surface area contributed by atoms with Gasteiger partial charge >= 0.3 is 5.97 Å². The SMILES string of the molecule is COc1ccccc1C(=O)NC(=O)COC(=O)COc1ccc(C)c(C)c1. The standard InChI is InChI=1S/C20H21NO6/c1-13-8-9-15(10-14(13)2)26-12-19(23)27-11-18(22)21-20(24)16-6-4-5-7-17(16)25-3/h4-10H,11-12H2,1-3H3,(H,21,22,24). The highest BCUT2D eigenvalue weighted by Crippen LogP contribution is 2.17. The third kappa shape index (κ3) is 5.85. The second-order valence-corrected chi connectivity index (χ2v) is 5.77. The number of hydrogen-bond acceptors (Lipinski definition) is 6. The van der Waals surface area contributed by atoms with Crippen LogP contribution in [0.5, 0.6) is 11.5 Å². The van der Waals surface area contributed by atoms with E-state index in [1.165, 1.54) is 13.2 Å². The van der Waals surface area contributed by atoms with Gasteiger partial charge < -0.3 is 14.2 Å². The molecule has 7 heteroatoms. The molecule has 2 aromatic rings. The minimum absolute atomic E-state index is 0.206. The Kier molecular flexibility index (Phi) is 6.93. The van der Waals surface area contributed by atoms with Crippen LogP contribution in [0.2, 0.25) is 0 Å². The van der Waals surface area contributed by atoms with Crippen molar-refractivity contribution in [1.29, 1.82) is 0 Å². The maximum Gasteiger partial charge on any atom is 0.344 e. The molecule has 0 saturated carbocycles. The van der Waals surface area contributed by atoms with Crippen LogP contribution in [0.1, 0.15) is 21.5 Å². The summed E-state index contributed by atoms with van der Waals surface area (Å²) in [5.41, 5.74) is 2.36. The number of ether oxygens (including phenoxy) is 3. The lowest BCUT2D eigenvalue weighted by atomic mass is 10.1. The van der Waals surface area contributed by atoms with E-state index in [2.05, 4.69) is 5.32 Å². The van der Waals surface area contributed by atoms with Gasteiger partial charge in [-0.1, -0.05) is 18.2 Å². The summed E-state index contributed by atoms with van der Waals surface area (Å²) in [6.07, 6.45) is 0. The fourth-order valence-corrected chi connectivity index (χ4v) is 2.20. The summed E-state index contributed by atoms with van der Waals surface area (Å²) in [4.78, 5) is 35.6. The van der Waals surface area contributed by atoms with E-state index in [0.717, 1.165) is 11.1 Å². The van der Waals surface area contributed by atoms with Gasteiger partial charge in [-0.25, -0.2) is 4.79 Å². The van der Waals surface area contributed by atoms with Crippen molar-refractivity contribution >= 4 is 17.8 Å². The summed E-state index contributed by atoms with van der Waals surface area (Å²) >= 11 is 0. The van der Waals surface area contributed by atoms with Gasteiger partial charge in [-0.05, 0) is 49.2 Å². The molecule has 0 saturated heterocycles. The molecule has 27 heavy (non-hydrogen) atoms. The Hall–Kier alpha value is -3.35. The number of methoxy groups -OCH3 is 1. The molecule has 2 amide bonds. The molecule has 0 spiro atoms. The average Bonchev–Trinajstić information content (AvgIpc) is 2.67. The molecule has 2 rings (SSSR count). The summed E-state index contributed by atoms with van der Waals surface area (Å²) in [6, 6.07) is 11.9. The highest BCUT2D eigenvalue weighted by Gasteiger charge is 2.16. The van der Waals surface area contributed by atoms with Crippen LogP contribution in [-0.4, -0.2) is 38.1 Å². The second-order valence-electron chi connectivity index (χ2n) is 5.77. The van der Waals surface area contributed by atoms with Crippen molar-refractivity contribution in [3.8, 4) is 11.5 Å². The Balaban J connectivity index is 1.78. The maximum atomic E-state index is 12.1. The molecular weight excluding hydrogens is 350 g/mol. The molecule has 0 heterocycles. The molecule has 0 fully saturated rings. The molecular formula is C20H21NO6. The molecule has 0 aliphatic carbocycles. The lowest BCUT2D eigenvalue weighted by Gasteiger charge is -2.10. The first-order chi connectivity index (χ1) is 12.9. The van der Waals surface area contributed by atoms with Crippen molar-refractivity contribution in [2.75, 3.05) is 20.3 Å². The summed E-state index contributed by atoms with van der Waals surface area (Å²) in [7, 11) is 1.42. The number of carbonyl (C=O) groups excluding carboxylic acids is 3. The summed E-state index contributed by atoms with van der Waals surface area (Å²) in [5, 5.41) is 2.14. The summed E-state index contributed by atoms with van der Waals surface area (Å²) in [5.74, 6) is -1.23. The molecule has 0 atom stereocenters. The van der Waals surface area contributed by atoms with Gasteiger partial charge in [0, 0.05) is 0 Å². The van der Waals surface area contributed by atoms with Crippen molar-refractivity contribution in [2.24, 2.45) is 0 Å². The zero-order chi connectivity index (χ0) is 19.8. The van der Waals surface area contributed by atoms with E-state index in [9.17, 15) is 14.4 Å². The number of para-hydroxylation sites is 1. The number of imide groups is 1. The fourth-order valence-electron chi connectivity index (χ4n) is 2.20. The number of amides is 2. The van der Waals surface area contributed by atoms with E-state index in [4.69, 9.17) is 14.2 Å². The zero-order valence-electron chi connectivity index (χ0n) is 15.4. The normalized spacial score (nSPS) is 10.0. The highest BCUT2D eigenvalue weighted by molar-refractivity contribution is 6.06. The molecule has 7 nitrogen and oxygen atoms in total. The van der Waals surface area contributed by atoms with Crippen LogP contribution >= 0.6 is 0 Å². The van der Waals surface area contributed by atoms with Gasteiger partial charge in [0.2, 0.25) is 0 Å². The predicted octanol–water partition coefficient (Wildman–Crippen LogP) is 2.19. The van der Waals surface area contributed by atoms with Crippen LogP contribution in [-0.2, 0) is 14.3 Å². The quantitative estimate of drug-likeness (QED) is 0.751. The number of nitrogens with one attached hydrogen (secondary N) is 1. The topological polar surface area (TPSA) is 90.9 Å². The van der Waals surface area contributed by atoms with Gasteiger partial charge in [-0.3, -0.25) is 14.9 Å². The first kappa shape index (κ1) is 20.0. The molecule has 0 bridgehead atoms. The molecule has 0 radical (unpaired) electrons. The van der Waals surface area contributed by atoms with E-state index in [0.29, 0.717) is 11.5 Å². The number of hydrogen-bond donors (Lipinski definition) is 1. The molecule has 142 valence electrons. The Labute approximate surface area is 157 Å². The molecule has 1 N–H and O–H groups in total. The van der Waals surface area contributed by atoms with Crippen LogP contribution < -0.4 is 14.8 Å². The minimum Gasteiger partial charge on any atom is -0.496 e. The largest absolute Gasteiger partial charge is 0.496 e. The van der Waals surface area contributed by atoms with Crippen molar-refractivity contribution < 1.29 is 28.6 Å². The molecule has 2 aromatic carbocycles.